The first-order valence-corrected chi connectivity index (χ1v) is 8.08. The molecule has 0 saturated carbocycles. The molecule has 0 bridgehead atoms. The Hall–Kier alpha value is -0.710. The maximum atomic E-state index is 11.7. The van der Waals surface area contributed by atoms with Gasteiger partial charge in [-0.3, -0.25) is 14.2 Å². The van der Waals surface area contributed by atoms with Gasteiger partial charge in [-0.15, -0.1) is 0 Å². The van der Waals surface area contributed by atoms with E-state index >= 15 is 0 Å². The molecule has 6 nitrogen and oxygen atoms in total. The van der Waals surface area contributed by atoms with Gasteiger partial charge in [-0.25, -0.2) is 0 Å². The number of rotatable bonds is 11. The second-order valence-corrected chi connectivity index (χ2v) is 6.40. The fourth-order valence-electron chi connectivity index (χ4n) is 1.47. The molecule has 112 valence electrons. The lowest BCUT2D eigenvalue weighted by Gasteiger charge is -2.12. The third-order valence-corrected chi connectivity index (χ3v) is 4.50. The summed E-state index contributed by atoms with van der Waals surface area (Å²) in [5, 5.41) is 0. The van der Waals surface area contributed by atoms with Crippen molar-refractivity contribution in [3.63, 3.8) is 0 Å². The van der Waals surface area contributed by atoms with Gasteiger partial charge < -0.3 is 13.8 Å². The number of hydrogen-bond donors (Lipinski definition) is 0. The highest BCUT2D eigenvalue weighted by atomic mass is 31.2. The molecule has 19 heavy (non-hydrogen) atoms. The first kappa shape index (κ1) is 18.3. The van der Waals surface area contributed by atoms with Crippen LogP contribution < -0.4 is 0 Å². The van der Waals surface area contributed by atoms with Gasteiger partial charge in [0.1, 0.15) is 5.78 Å². The molecule has 0 aromatic carbocycles. The Kier molecular flexibility index (Phi) is 9.74. The molecule has 0 saturated heterocycles. The predicted octanol–water partition coefficient (Wildman–Crippen LogP) is 2.56. The molecule has 0 rings (SSSR count). The van der Waals surface area contributed by atoms with E-state index in [0.717, 1.165) is 0 Å². The van der Waals surface area contributed by atoms with Crippen LogP contribution in [0, 0.1) is 0 Å². The molecule has 0 heterocycles. The van der Waals surface area contributed by atoms with Gasteiger partial charge >= 0.3 is 13.6 Å². The van der Waals surface area contributed by atoms with E-state index in [9.17, 15) is 14.2 Å². The van der Waals surface area contributed by atoms with E-state index in [1.807, 2.05) is 0 Å². The lowest BCUT2D eigenvalue weighted by atomic mass is 10.1. The van der Waals surface area contributed by atoms with Crippen molar-refractivity contribution >= 4 is 19.3 Å². The van der Waals surface area contributed by atoms with Gasteiger partial charge in [0.2, 0.25) is 0 Å². The van der Waals surface area contributed by atoms with E-state index in [2.05, 4.69) is 0 Å². The maximum Gasteiger partial charge on any atom is 0.330 e. The van der Waals surface area contributed by atoms with Gasteiger partial charge in [-0.05, 0) is 19.8 Å². The number of Topliss-reactive ketones (excluding diaryl/α,β-unsaturated/α-hetero) is 1. The molecule has 0 fully saturated rings. The van der Waals surface area contributed by atoms with E-state index in [1.54, 1.807) is 6.92 Å². The quantitative estimate of drug-likeness (QED) is 0.331. The molecule has 0 N–H and O–H groups in total. The summed E-state index contributed by atoms with van der Waals surface area (Å²) in [6, 6.07) is 0. The molecule has 0 radical (unpaired) electrons. The van der Waals surface area contributed by atoms with Crippen molar-refractivity contribution in [2.24, 2.45) is 0 Å². The van der Waals surface area contributed by atoms with Crippen molar-refractivity contribution in [3.05, 3.63) is 0 Å². The SMILES string of the molecule is CCOC(=O)CCCCC(=O)CCP(=O)(OC)OC. The zero-order valence-electron chi connectivity index (χ0n) is 11.8. The molecule has 0 aromatic rings. The van der Waals surface area contributed by atoms with Crippen LogP contribution in [0.5, 0.6) is 0 Å². The molecule has 0 aliphatic rings. The highest BCUT2D eigenvalue weighted by molar-refractivity contribution is 7.53. The van der Waals surface area contributed by atoms with E-state index in [0.29, 0.717) is 32.3 Å². The second kappa shape index (κ2) is 10.1. The van der Waals surface area contributed by atoms with Crippen LogP contribution in [0.4, 0.5) is 0 Å². The summed E-state index contributed by atoms with van der Waals surface area (Å²) in [4.78, 5) is 22.6. The van der Waals surface area contributed by atoms with Crippen molar-refractivity contribution in [1.29, 1.82) is 0 Å². The average molecular weight is 294 g/mol. The van der Waals surface area contributed by atoms with Crippen LogP contribution in [-0.2, 0) is 27.9 Å². The lowest BCUT2D eigenvalue weighted by molar-refractivity contribution is -0.143. The van der Waals surface area contributed by atoms with Gasteiger partial charge in [-0.1, -0.05) is 0 Å². The Labute approximate surface area is 114 Å². The third-order valence-electron chi connectivity index (χ3n) is 2.61. The van der Waals surface area contributed by atoms with Crippen LogP contribution in [0.3, 0.4) is 0 Å². The zero-order valence-corrected chi connectivity index (χ0v) is 12.7. The van der Waals surface area contributed by atoms with Crippen LogP contribution in [0.25, 0.3) is 0 Å². The number of carbonyl (C=O) groups excluding carboxylic acids is 2. The molecule has 0 amide bonds. The van der Waals surface area contributed by atoms with E-state index in [-0.39, 0.29) is 24.3 Å². The molecular weight excluding hydrogens is 271 g/mol. The molecule has 7 heteroatoms. The van der Waals surface area contributed by atoms with E-state index in [1.165, 1.54) is 14.2 Å². The minimum atomic E-state index is -3.09. The molecule has 0 aliphatic heterocycles. The lowest BCUT2D eigenvalue weighted by Crippen LogP contribution is -2.06. The van der Waals surface area contributed by atoms with Gasteiger partial charge in [0.05, 0.1) is 12.8 Å². The first-order chi connectivity index (χ1) is 8.97. The average Bonchev–Trinajstić information content (AvgIpc) is 2.41. The second-order valence-electron chi connectivity index (χ2n) is 4.00. The van der Waals surface area contributed by atoms with Crippen molar-refractivity contribution in [2.75, 3.05) is 27.0 Å². The fourth-order valence-corrected chi connectivity index (χ4v) is 2.51. The standard InChI is InChI=1S/C12H23O6P/c1-4-18-12(14)8-6-5-7-11(13)9-10-19(15,16-2)17-3/h4-10H2,1-3H3. The molecule has 0 unspecified atom stereocenters. The zero-order chi connectivity index (χ0) is 14.7. The predicted molar refractivity (Wildman–Crippen MR) is 71.2 cm³/mol. The number of ether oxygens (including phenoxy) is 1. The number of esters is 1. The largest absolute Gasteiger partial charge is 0.466 e. The van der Waals surface area contributed by atoms with Crippen LogP contribution in [-0.4, -0.2) is 38.7 Å². The van der Waals surface area contributed by atoms with Gasteiger partial charge in [-0.2, -0.15) is 0 Å². The van der Waals surface area contributed by atoms with E-state index < -0.39 is 7.60 Å². The number of carbonyl (C=O) groups is 2. The van der Waals surface area contributed by atoms with Crippen molar-refractivity contribution < 1.29 is 27.9 Å². The van der Waals surface area contributed by atoms with Crippen LogP contribution >= 0.6 is 7.60 Å². The molecule has 0 spiro atoms. The number of unbranched alkanes of at least 4 members (excludes halogenated alkanes) is 1. The van der Waals surface area contributed by atoms with Gasteiger partial charge in [0, 0.05) is 33.5 Å². The minimum Gasteiger partial charge on any atom is -0.466 e. The Morgan fingerprint density at radius 3 is 2.11 bits per heavy atom. The summed E-state index contributed by atoms with van der Waals surface area (Å²) in [6.07, 6.45) is 2.20. The van der Waals surface area contributed by atoms with Crippen LogP contribution in [0.1, 0.15) is 39.0 Å². The minimum absolute atomic E-state index is 0.00168. The van der Waals surface area contributed by atoms with Crippen molar-refractivity contribution in [3.8, 4) is 0 Å². The highest BCUT2D eigenvalue weighted by Gasteiger charge is 2.21. The van der Waals surface area contributed by atoms with E-state index in [4.69, 9.17) is 13.8 Å². The smallest absolute Gasteiger partial charge is 0.330 e. The maximum absolute atomic E-state index is 11.7. The Morgan fingerprint density at radius 2 is 1.58 bits per heavy atom. The molecule has 0 aromatic heterocycles. The molecular formula is C12H23O6P. The van der Waals surface area contributed by atoms with Crippen molar-refractivity contribution in [1.82, 2.24) is 0 Å². The summed E-state index contributed by atoms with van der Waals surface area (Å²) in [5.74, 6) is -0.239. The van der Waals surface area contributed by atoms with Gasteiger partial charge in [0.15, 0.2) is 0 Å². The topological polar surface area (TPSA) is 78.9 Å². The molecule has 0 aliphatic carbocycles. The Bertz CT molecular complexity index is 320. The molecule has 0 atom stereocenters. The normalized spacial score (nSPS) is 11.3. The van der Waals surface area contributed by atoms with Crippen molar-refractivity contribution in [2.45, 2.75) is 39.0 Å². The summed E-state index contributed by atoms with van der Waals surface area (Å²) in [7, 11) is -0.494. The Balaban J connectivity index is 3.71. The van der Waals surface area contributed by atoms with Crippen LogP contribution in [0.2, 0.25) is 0 Å². The third kappa shape index (κ3) is 8.92. The van der Waals surface area contributed by atoms with Gasteiger partial charge in [0.25, 0.3) is 0 Å². The highest BCUT2D eigenvalue weighted by Crippen LogP contribution is 2.46. The van der Waals surface area contributed by atoms with Crippen LogP contribution in [0.15, 0.2) is 0 Å². The summed E-state index contributed by atoms with van der Waals surface area (Å²) in [6.45, 7) is 2.13. The summed E-state index contributed by atoms with van der Waals surface area (Å²) in [5.41, 5.74) is 0. The summed E-state index contributed by atoms with van der Waals surface area (Å²) >= 11 is 0. The summed E-state index contributed by atoms with van der Waals surface area (Å²) < 4.78 is 25.9. The fraction of sp³-hybridized carbons (Fsp3) is 0.833. The monoisotopic (exact) mass is 294 g/mol. The number of hydrogen-bond acceptors (Lipinski definition) is 6. The Morgan fingerprint density at radius 1 is 1.00 bits per heavy atom. The number of ketones is 1. The first-order valence-electron chi connectivity index (χ1n) is 6.35.